The lowest BCUT2D eigenvalue weighted by Crippen LogP contribution is -2.26. The zero-order valence-electron chi connectivity index (χ0n) is 13.8. The van der Waals surface area contributed by atoms with E-state index in [-0.39, 0.29) is 12.5 Å². The molecular weight excluding hydrogens is 364 g/mol. The predicted octanol–water partition coefficient (Wildman–Crippen LogP) is 2.55. The third-order valence-corrected chi connectivity index (χ3v) is 4.68. The van der Waals surface area contributed by atoms with Crippen molar-refractivity contribution in [3.8, 4) is 0 Å². The van der Waals surface area contributed by atoms with Crippen LogP contribution in [-0.4, -0.2) is 49.7 Å². The van der Waals surface area contributed by atoms with E-state index < -0.39 is 5.97 Å². The molecule has 2 rings (SSSR count). The van der Waals surface area contributed by atoms with E-state index in [1.165, 1.54) is 10.9 Å². The van der Waals surface area contributed by atoms with Gasteiger partial charge in [-0.1, -0.05) is 16.8 Å². The number of amides is 1. The fourth-order valence-corrected chi connectivity index (χ4v) is 3.07. The average Bonchev–Trinajstić information content (AvgIpc) is 2.99. The van der Waals surface area contributed by atoms with Crippen LogP contribution in [0.5, 0.6) is 0 Å². The number of carboxylic acids is 1. The first-order valence-corrected chi connectivity index (χ1v) is 9.03. The summed E-state index contributed by atoms with van der Waals surface area (Å²) in [6.45, 7) is 0.0648. The van der Waals surface area contributed by atoms with Crippen LogP contribution < -0.4 is 0 Å². The van der Waals surface area contributed by atoms with Gasteiger partial charge in [-0.25, -0.2) is 4.68 Å². The molecule has 0 fully saturated rings. The number of carboxylic acid groups (broad SMARTS) is 1. The Balaban J connectivity index is 1.70. The van der Waals surface area contributed by atoms with Crippen LogP contribution in [0, 0.1) is 0 Å². The molecule has 7 nitrogen and oxygen atoms in total. The molecule has 1 aromatic heterocycles. The van der Waals surface area contributed by atoms with Crippen molar-refractivity contribution in [2.75, 3.05) is 12.8 Å². The van der Waals surface area contributed by atoms with Crippen molar-refractivity contribution in [3.63, 3.8) is 0 Å². The van der Waals surface area contributed by atoms with Gasteiger partial charge in [-0.3, -0.25) is 9.59 Å². The molecule has 0 spiro atoms. The Morgan fingerprint density at radius 2 is 2.04 bits per heavy atom. The number of carbonyl (C=O) groups excluding carboxylic acids is 1. The fourth-order valence-electron chi connectivity index (χ4n) is 2.09. The maximum atomic E-state index is 12.1. The zero-order valence-corrected chi connectivity index (χ0v) is 15.3. The molecule has 0 unspecified atom stereocenters. The Bertz CT molecular complexity index is 720. The molecule has 0 radical (unpaired) electrons. The fraction of sp³-hybridized carbons (Fsp3) is 0.375. The second-order valence-electron chi connectivity index (χ2n) is 5.46. The summed E-state index contributed by atoms with van der Waals surface area (Å²) in [5.74, 6) is -0.126. The quantitative estimate of drug-likeness (QED) is 0.529. The Morgan fingerprint density at radius 1 is 1.32 bits per heavy atom. The van der Waals surface area contributed by atoms with Crippen molar-refractivity contribution in [3.05, 3.63) is 41.2 Å². The smallest absolute Gasteiger partial charge is 0.325 e. The molecule has 0 bridgehead atoms. The number of halogens is 1. The summed E-state index contributed by atoms with van der Waals surface area (Å²) in [7, 11) is 1.70. The van der Waals surface area contributed by atoms with E-state index in [1.807, 2.05) is 24.3 Å². The lowest BCUT2D eigenvalue weighted by molar-refractivity contribution is -0.138. The van der Waals surface area contributed by atoms with Gasteiger partial charge in [0.2, 0.25) is 5.91 Å². The molecular formula is C16H19ClN4O3S. The number of rotatable bonds is 9. The molecule has 9 heteroatoms. The van der Waals surface area contributed by atoms with E-state index in [9.17, 15) is 9.59 Å². The second-order valence-corrected chi connectivity index (χ2v) is 7.06. The van der Waals surface area contributed by atoms with E-state index in [0.717, 1.165) is 17.1 Å². The van der Waals surface area contributed by atoms with Gasteiger partial charge in [0.05, 0.1) is 12.7 Å². The van der Waals surface area contributed by atoms with Gasteiger partial charge in [0.1, 0.15) is 12.2 Å². The third-order valence-electron chi connectivity index (χ3n) is 3.33. The monoisotopic (exact) mass is 382 g/mol. The summed E-state index contributed by atoms with van der Waals surface area (Å²) in [5.41, 5.74) is 0.563. The average molecular weight is 383 g/mol. The summed E-state index contributed by atoms with van der Waals surface area (Å²) >= 11 is 7.53. The van der Waals surface area contributed by atoms with Gasteiger partial charge in [0, 0.05) is 23.4 Å². The Labute approximate surface area is 155 Å². The molecule has 0 saturated heterocycles. The van der Waals surface area contributed by atoms with Gasteiger partial charge in [-0.15, -0.1) is 16.9 Å². The summed E-state index contributed by atoms with van der Waals surface area (Å²) < 4.78 is 1.23. The van der Waals surface area contributed by atoms with E-state index >= 15 is 0 Å². The van der Waals surface area contributed by atoms with Crippen LogP contribution in [-0.2, 0) is 22.7 Å². The molecule has 134 valence electrons. The number of hydrogen-bond acceptors (Lipinski definition) is 5. The number of aliphatic carboxylic acids is 1. The first kappa shape index (κ1) is 19.3. The first-order chi connectivity index (χ1) is 11.9. The molecule has 0 aliphatic heterocycles. The molecule has 0 aliphatic rings. The molecule has 0 atom stereocenters. The van der Waals surface area contributed by atoms with Gasteiger partial charge in [0.15, 0.2) is 0 Å². The van der Waals surface area contributed by atoms with E-state index in [4.69, 9.17) is 16.7 Å². The van der Waals surface area contributed by atoms with E-state index in [0.29, 0.717) is 23.7 Å². The largest absolute Gasteiger partial charge is 0.480 e. The highest BCUT2D eigenvalue weighted by Gasteiger charge is 2.12. The minimum Gasteiger partial charge on any atom is -0.480 e. The van der Waals surface area contributed by atoms with E-state index in [2.05, 4.69) is 10.3 Å². The highest BCUT2D eigenvalue weighted by atomic mass is 35.5. The summed E-state index contributed by atoms with van der Waals surface area (Å²) in [4.78, 5) is 25.4. The third kappa shape index (κ3) is 6.75. The first-order valence-electron chi connectivity index (χ1n) is 7.67. The highest BCUT2D eigenvalue weighted by molar-refractivity contribution is 7.99. The SMILES string of the molecule is CN(Cc1cn(CC(=O)O)nn1)C(=O)CCCSc1ccc(Cl)cc1. The normalized spacial score (nSPS) is 10.6. The molecule has 1 aromatic carbocycles. The standard InChI is InChI=1S/C16H19ClN4O3S/c1-20(9-13-10-21(19-18-13)11-16(23)24)15(22)3-2-8-25-14-6-4-12(17)5-7-14/h4-7,10H,2-3,8-9,11H2,1H3,(H,23,24). The number of aromatic nitrogens is 3. The number of nitrogens with zero attached hydrogens (tertiary/aromatic N) is 4. The Hall–Kier alpha value is -2.06. The lowest BCUT2D eigenvalue weighted by atomic mass is 10.3. The number of benzene rings is 1. The van der Waals surface area contributed by atoms with Crippen molar-refractivity contribution in [1.29, 1.82) is 0 Å². The van der Waals surface area contributed by atoms with Gasteiger partial charge < -0.3 is 10.0 Å². The van der Waals surface area contributed by atoms with Crippen LogP contribution in [0.1, 0.15) is 18.5 Å². The minimum absolute atomic E-state index is 0.0180. The number of hydrogen-bond donors (Lipinski definition) is 1. The van der Waals surface area contributed by atoms with Crippen LogP contribution in [0.15, 0.2) is 35.4 Å². The van der Waals surface area contributed by atoms with Crippen LogP contribution in [0.2, 0.25) is 5.02 Å². The number of thioether (sulfide) groups is 1. The molecule has 0 saturated carbocycles. The second kappa shape index (κ2) is 9.43. The molecule has 0 aliphatic carbocycles. The number of carbonyl (C=O) groups is 2. The van der Waals surface area contributed by atoms with Gasteiger partial charge in [-0.2, -0.15) is 0 Å². The predicted molar refractivity (Wildman–Crippen MR) is 95.5 cm³/mol. The summed E-state index contributed by atoms with van der Waals surface area (Å²) in [6.07, 6.45) is 2.75. The van der Waals surface area contributed by atoms with Crippen molar-refractivity contribution in [2.24, 2.45) is 0 Å². The Morgan fingerprint density at radius 3 is 2.72 bits per heavy atom. The minimum atomic E-state index is -0.987. The van der Waals surface area contributed by atoms with Gasteiger partial charge in [-0.05, 0) is 36.4 Å². The van der Waals surface area contributed by atoms with Crippen molar-refractivity contribution >= 4 is 35.2 Å². The van der Waals surface area contributed by atoms with Crippen molar-refractivity contribution in [1.82, 2.24) is 19.9 Å². The van der Waals surface area contributed by atoms with Crippen LogP contribution in [0.4, 0.5) is 0 Å². The highest BCUT2D eigenvalue weighted by Crippen LogP contribution is 2.21. The van der Waals surface area contributed by atoms with Crippen LogP contribution >= 0.6 is 23.4 Å². The molecule has 1 heterocycles. The maximum absolute atomic E-state index is 12.1. The van der Waals surface area contributed by atoms with Crippen LogP contribution in [0.3, 0.4) is 0 Å². The molecule has 1 N–H and O–H groups in total. The Kier molecular flexibility index (Phi) is 7.27. The topological polar surface area (TPSA) is 88.3 Å². The van der Waals surface area contributed by atoms with Gasteiger partial charge in [0.25, 0.3) is 0 Å². The maximum Gasteiger partial charge on any atom is 0.325 e. The zero-order chi connectivity index (χ0) is 18.2. The van der Waals surface area contributed by atoms with Crippen LogP contribution in [0.25, 0.3) is 0 Å². The van der Waals surface area contributed by atoms with Gasteiger partial charge >= 0.3 is 5.97 Å². The van der Waals surface area contributed by atoms with Crippen molar-refractivity contribution < 1.29 is 14.7 Å². The molecule has 2 aromatic rings. The lowest BCUT2D eigenvalue weighted by Gasteiger charge is -2.15. The summed E-state index contributed by atoms with van der Waals surface area (Å²) in [6, 6.07) is 7.61. The molecule has 1 amide bonds. The summed E-state index contributed by atoms with van der Waals surface area (Å²) in [5, 5.41) is 17.0. The van der Waals surface area contributed by atoms with E-state index in [1.54, 1.807) is 23.7 Å². The van der Waals surface area contributed by atoms with Crippen molar-refractivity contribution in [2.45, 2.75) is 30.8 Å². The molecule has 25 heavy (non-hydrogen) atoms.